The van der Waals surface area contributed by atoms with Gasteiger partial charge in [0.1, 0.15) is 0 Å². The smallest absolute Gasteiger partial charge is 0.0499 e. The quantitative estimate of drug-likeness (QED) is 0.786. The van der Waals surface area contributed by atoms with Gasteiger partial charge in [0.05, 0.1) is 0 Å². The van der Waals surface area contributed by atoms with Crippen LogP contribution in [0.25, 0.3) is 0 Å². The summed E-state index contributed by atoms with van der Waals surface area (Å²) in [7, 11) is 0. The van der Waals surface area contributed by atoms with Crippen LogP contribution in [0.4, 0.5) is 0 Å². The molecular weight excluding hydrogens is 246 g/mol. The fourth-order valence-electron chi connectivity index (χ4n) is 3.39. The molecule has 2 rings (SSSR count). The van der Waals surface area contributed by atoms with Crippen LogP contribution in [0.5, 0.6) is 0 Å². The number of rotatable bonds is 7. The molecule has 0 spiro atoms. The van der Waals surface area contributed by atoms with Crippen molar-refractivity contribution < 1.29 is 5.11 Å². The van der Waals surface area contributed by atoms with Crippen LogP contribution >= 0.6 is 0 Å². The first kappa shape index (κ1) is 15.5. The van der Waals surface area contributed by atoms with Crippen LogP contribution in [0.15, 0.2) is 30.3 Å². The molecule has 20 heavy (non-hydrogen) atoms. The van der Waals surface area contributed by atoms with Gasteiger partial charge in [-0.25, -0.2) is 0 Å². The van der Waals surface area contributed by atoms with Crippen LogP contribution in [0.2, 0.25) is 0 Å². The van der Waals surface area contributed by atoms with Gasteiger partial charge in [-0.15, -0.1) is 0 Å². The summed E-state index contributed by atoms with van der Waals surface area (Å²) in [6.45, 7) is 3.51. The molecule has 1 aliphatic carbocycles. The number of benzene rings is 1. The molecule has 1 saturated carbocycles. The molecule has 112 valence electrons. The first-order valence-corrected chi connectivity index (χ1v) is 8.19. The van der Waals surface area contributed by atoms with Crippen LogP contribution in [0.3, 0.4) is 0 Å². The van der Waals surface area contributed by atoms with Gasteiger partial charge >= 0.3 is 0 Å². The summed E-state index contributed by atoms with van der Waals surface area (Å²) in [6.07, 6.45) is 8.55. The Balaban J connectivity index is 1.97. The van der Waals surface area contributed by atoms with Crippen molar-refractivity contribution in [2.24, 2.45) is 5.41 Å². The van der Waals surface area contributed by atoms with Gasteiger partial charge in [-0.05, 0) is 24.8 Å². The van der Waals surface area contributed by atoms with E-state index in [9.17, 15) is 5.11 Å². The Morgan fingerprint density at radius 2 is 1.85 bits per heavy atom. The van der Waals surface area contributed by atoms with Crippen LogP contribution in [0.1, 0.15) is 63.5 Å². The molecule has 1 aromatic carbocycles. The maximum Gasteiger partial charge on any atom is 0.0499 e. The van der Waals surface area contributed by atoms with E-state index in [1.54, 1.807) is 0 Å². The average molecular weight is 275 g/mol. The Morgan fingerprint density at radius 1 is 1.15 bits per heavy atom. The zero-order valence-corrected chi connectivity index (χ0v) is 12.8. The lowest BCUT2D eigenvalue weighted by Crippen LogP contribution is -2.40. The molecule has 1 aliphatic rings. The predicted octanol–water partition coefficient (Wildman–Crippen LogP) is 4.06. The maximum absolute atomic E-state index is 9.81. The highest BCUT2D eigenvalue weighted by Gasteiger charge is 2.31. The van der Waals surface area contributed by atoms with E-state index < -0.39 is 0 Å². The highest BCUT2D eigenvalue weighted by atomic mass is 16.3. The van der Waals surface area contributed by atoms with Crippen molar-refractivity contribution >= 4 is 0 Å². The molecule has 0 saturated heterocycles. The number of nitrogens with one attached hydrogen (secondary N) is 1. The Hall–Kier alpha value is -0.860. The minimum absolute atomic E-state index is 0.124. The minimum atomic E-state index is 0.124. The first-order valence-electron chi connectivity index (χ1n) is 8.19. The van der Waals surface area contributed by atoms with Gasteiger partial charge in [0.2, 0.25) is 0 Å². The molecule has 2 heteroatoms. The summed E-state index contributed by atoms with van der Waals surface area (Å²) in [5.41, 5.74) is 1.50. The number of aliphatic hydroxyl groups is 1. The lowest BCUT2D eigenvalue weighted by molar-refractivity contribution is 0.0779. The molecular formula is C18H29NO. The fraction of sp³-hybridized carbons (Fsp3) is 0.667. The summed E-state index contributed by atoms with van der Waals surface area (Å²) in [5.74, 6) is 0. The molecule has 0 aromatic heterocycles. The predicted molar refractivity (Wildman–Crippen MR) is 84.7 cm³/mol. The van der Waals surface area contributed by atoms with E-state index in [-0.39, 0.29) is 5.41 Å². The van der Waals surface area contributed by atoms with E-state index in [1.165, 1.54) is 44.1 Å². The molecule has 2 nitrogen and oxygen atoms in total. The largest absolute Gasteiger partial charge is 0.396 e. The van der Waals surface area contributed by atoms with Crippen molar-refractivity contribution in [1.29, 1.82) is 0 Å². The van der Waals surface area contributed by atoms with Crippen molar-refractivity contribution in [2.45, 2.75) is 57.9 Å². The van der Waals surface area contributed by atoms with Gasteiger partial charge < -0.3 is 10.4 Å². The maximum atomic E-state index is 9.81. The lowest BCUT2D eigenvalue weighted by Gasteiger charge is -2.37. The minimum Gasteiger partial charge on any atom is -0.396 e. The van der Waals surface area contributed by atoms with E-state index in [1.807, 2.05) is 0 Å². The summed E-state index contributed by atoms with van der Waals surface area (Å²) in [6, 6.07) is 11.1. The summed E-state index contributed by atoms with van der Waals surface area (Å²) in [5, 5.41) is 13.6. The third-order valence-electron chi connectivity index (χ3n) is 4.75. The Morgan fingerprint density at radius 3 is 2.45 bits per heavy atom. The van der Waals surface area contributed by atoms with E-state index in [2.05, 4.69) is 42.6 Å². The van der Waals surface area contributed by atoms with Crippen molar-refractivity contribution in [3.63, 3.8) is 0 Å². The third kappa shape index (κ3) is 4.07. The lowest BCUT2D eigenvalue weighted by atomic mass is 9.74. The van der Waals surface area contributed by atoms with Gasteiger partial charge in [-0.3, -0.25) is 0 Å². The van der Waals surface area contributed by atoms with Gasteiger partial charge in [0.15, 0.2) is 0 Å². The van der Waals surface area contributed by atoms with Crippen molar-refractivity contribution in [2.75, 3.05) is 13.2 Å². The standard InChI is InChI=1S/C18H29NO/c1-2-9-17(16-10-5-3-6-11-16)19-14-18(15-20)12-7-4-8-13-18/h3,5-6,10-11,17,19-20H,2,4,7-9,12-15H2,1H3. The Labute approximate surface area is 123 Å². The van der Waals surface area contributed by atoms with Crippen molar-refractivity contribution in [3.05, 3.63) is 35.9 Å². The molecule has 0 bridgehead atoms. The Bertz CT molecular complexity index is 370. The normalized spacial score (nSPS) is 19.7. The van der Waals surface area contributed by atoms with Gasteiger partial charge in [-0.2, -0.15) is 0 Å². The molecule has 0 heterocycles. The molecule has 1 unspecified atom stereocenters. The first-order chi connectivity index (χ1) is 9.79. The van der Waals surface area contributed by atoms with E-state index in [0.717, 1.165) is 13.0 Å². The van der Waals surface area contributed by atoms with Crippen LogP contribution in [-0.4, -0.2) is 18.3 Å². The molecule has 1 fully saturated rings. The second-order valence-electron chi connectivity index (χ2n) is 6.35. The third-order valence-corrected chi connectivity index (χ3v) is 4.75. The Kier molecular flexibility index (Phi) is 6.06. The van der Waals surface area contributed by atoms with Crippen molar-refractivity contribution in [1.82, 2.24) is 5.32 Å². The van der Waals surface area contributed by atoms with Crippen molar-refractivity contribution in [3.8, 4) is 0 Å². The van der Waals surface area contributed by atoms with E-state index in [0.29, 0.717) is 12.6 Å². The molecule has 1 aromatic rings. The molecule has 0 amide bonds. The topological polar surface area (TPSA) is 32.3 Å². The van der Waals surface area contributed by atoms with Gasteiger partial charge in [-0.1, -0.05) is 62.9 Å². The van der Waals surface area contributed by atoms with Crippen LogP contribution in [-0.2, 0) is 0 Å². The number of hydrogen-bond donors (Lipinski definition) is 2. The van der Waals surface area contributed by atoms with E-state index in [4.69, 9.17) is 0 Å². The molecule has 0 radical (unpaired) electrons. The van der Waals surface area contributed by atoms with Crippen LogP contribution < -0.4 is 5.32 Å². The highest BCUT2D eigenvalue weighted by molar-refractivity contribution is 5.18. The van der Waals surface area contributed by atoms with E-state index >= 15 is 0 Å². The average Bonchev–Trinajstić information content (AvgIpc) is 2.53. The highest BCUT2D eigenvalue weighted by Crippen LogP contribution is 2.36. The van der Waals surface area contributed by atoms with Crippen LogP contribution in [0, 0.1) is 5.41 Å². The van der Waals surface area contributed by atoms with Gasteiger partial charge in [0, 0.05) is 24.6 Å². The monoisotopic (exact) mass is 275 g/mol. The number of aliphatic hydroxyl groups excluding tert-OH is 1. The molecule has 0 aliphatic heterocycles. The second-order valence-corrected chi connectivity index (χ2v) is 6.35. The zero-order valence-electron chi connectivity index (χ0n) is 12.8. The zero-order chi connectivity index (χ0) is 14.3. The molecule has 1 atom stereocenters. The summed E-state index contributed by atoms with van der Waals surface area (Å²) < 4.78 is 0. The summed E-state index contributed by atoms with van der Waals surface area (Å²) in [4.78, 5) is 0. The SMILES string of the molecule is CCCC(NCC1(CO)CCCCC1)c1ccccc1. The second kappa shape index (κ2) is 7.80. The van der Waals surface area contributed by atoms with Gasteiger partial charge in [0.25, 0.3) is 0 Å². The fourth-order valence-corrected chi connectivity index (χ4v) is 3.39. The molecule has 2 N–H and O–H groups in total. The summed E-state index contributed by atoms with van der Waals surface area (Å²) >= 11 is 0. The number of hydrogen-bond acceptors (Lipinski definition) is 2.